The normalized spacial score (nSPS) is 18.1. The summed E-state index contributed by atoms with van der Waals surface area (Å²) in [7, 11) is 0. The lowest BCUT2D eigenvalue weighted by atomic mass is 9.98. The Balaban J connectivity index is 1.68. The maximum atomic E-state index is 10.9. The molecule has 1 aliphatic heterocycles. The maximum Gasteiger partial charge on any atom is 0.304 e. The average Bonchev–Trinajstić information content (AvgIpc) is 2.66. The van der Waals surface area contributed by atoms with Crippen LogP contribution in [0.5, 0.6) is 0 Å². The van der Waals surface area contributed by atoms with Crippen molar-refractivity contribution < 1.29 is 0 Å². The summed E-state index contributed by atoms with van der Waals surface area (Å²) in [5.74, 6) is 0.789. The van der Waals surface area contributed by atoms with Gasteiger partial charge in [-0.1, -0.05) is 11.3 Å². The number of hydrogen-bond donors (Lipinski definition) is 3. The number of thiazole rings is 1. The molecule has 0 saturated carbocycles. The van der Waals surface area contributed by atoms with Gasteiger partial charge in [0.25, 0.3) is 0 Å². The third-order valence-corrected chi connectivity index (χ3v) is 3.50. The second kappa shape index (κ2) is 5.44. The molecular formula is C10H17N3OS. The smallest absolute Gasteiger partial charge is 0.304 e. The van der Waals surface area contributed by atoms with Crippen LogP contribution in [0.1, 0.15) is 18.5 Å². The van der Waals surface area contributed by atoms with Crippen molar-refractivity contribution >= 4 is 11.3 Å². The molecule has 0 unspecified atom stereocenters. The summed E-state index contributed by atoms with van der Waals surface area (Å²) in [4.78, 5) is 13.7. The average molecular weight is 227 g/mol. The molecule has 0 spiro atoms. The van der Waals surface area contributed by atoms with Crippen molar-refractivity contribution in [2.45, 2.75) is 19.4 Å². The van der Waals surface area contributed by atoms with Crippen LogP contribution in [0.4, 0.5) is 0 Å². The maximum absolute atomic E-state index is 10.9. The lowest BCUT2D eigenvalue weighted by Gasteiger charge is -2.22. The molecule has 0 radical (unpaired) electrons. The molecule has 5 heteroatoms. The zero-order valence-electron chi connectivity index (χ0n) is 8.71. The molecule has 0 aromatic carbocycles. The standard InChI is InChI=1S/C10H17N3OS/c14-10-13-9(7-15-10)6-12-5-8-1-3-11-4-2-8/h7-8,11-12H,1-6H2,(H,13,14). The Kier molecular flexibility index (Phi) is 3.94. The summed E-state index contributed by atoms with van der Waals surface area (Å²) in [6.07, 6.45) is 2.51. The third kappa shape index (κ3) is 3.44. The van der Waals surface area contributed by atoms with E-state index < -0.39 is 0 Å². The molecule has 15 heavy (non-hydrogen) atoms. The van der Waals surface area contributed by atoms with Crippen LogP contribution in [0.3, 0.4) is 0 Å². The molecule has 1 aliphatic rings. The Bertz CT molecular complexity index is 340. The Labute approximate surface area is 93.1 Å². The van der Waals surface area contributed by atoms with E-state index in [0.29, 0.717) is 0 Å². The van der Waals surface area contributed by atoms with Crippen LogP contribution in [0.25, 0.3) is 0 Å². The number of aromatic nitrogens is 1. The van der Waals surface area contributed by atoms with Crippen molar-refractivity contribution in [1.29, 1.82) is 0 Å². The lowest BCUT2D eigenvalue weighted by Crippen LogP contribution is -2.33. The molecule has 1 saturated heterocycles. The van der Waals surface area contributed by atoms with Gasteiger partial charge in [-0.25, -0.2) is 0 Å². The van der Waals surface area contributed by atoms with Gasteiger partial charge in [-0.15, -0.1) is 0 Å². The van der Waals surface area contributed by atoms with Crippen molar-refractivity contribution in [3.8, 4) is 0 Å². The van der Waals surface area contributed by atoms with Crippen molar-refractivity contribution in [2.75, 3.05) is 19.6 Å². The van der Waals surface area contributed by atoms with Gasteiger partial charge in [-0.05, 0) is 38.4 Å². The number of nitrogens with one attached hydrogen (secondary N) is 3. The van der Waals surface area contributed by atoms with E-state index in [1.807, 2.05) is 5.38 Å². The minimum absolute atomic E-state index is 0.0358. The highest BCUT2D eigenvalue weighted by molar-refractivity contribution is 7.07. The number of piperidine rings is 1. The largest absolute Gasteiger partial charge is 0.317 e. The van der Waals surface area contributed by atoms with Gasteiger partial charge in [0, 0.05) is 17.6 Å². The quantitative estimate of drug-likeness (QED) is 0.703. The first kappa shape index (κ1) is 10.9. The van der Waals surface area contributed by atoms with Crippen molar-refractivity contribution in [3.05, 3.63) is 20.7 Å². The van der Waals surface area contributed by atoms with Gasteiger partial charge in [-0.3, -0.25) is 4.79 Å². The van der Waals surface area contributed by atoms with Crippen LogP contribution >= 0.6 is 11.3 Å². The van der Waals surface area contributed by atoms with Crippen molar-refractivity contribution in [1.82, 2.24) is 15.6 Å². The van der Waals surface area contributed by atoms with Crippen molar-refractivity contribution in [3.63, 3.8) is 0 Å². The minimum atomic E-state index is 0.0358. The topological polar surface area (TPSA) is 56.9 Å². The van der Waals surface area contributed by atoms with E-state index in [9.17, 15) is 4.79 Å². The fourth-order valence-electron chi connectivity index (χ4n) is 1.90. The van der Waals surface area contributed by atoms with E-state index >= 15 is 0 Å². The van der Waals surface area contributed by atoms with Crippen LogP contribution in [-0.2, 0) is 6.54 Å². The van der Waals surface area contributed by atoms with E-state index in [2.05, 4.69) is 15.6 Å². The van der Waals surface area contributed by atoms with Gasteiger partial charge in [0.1, 0.15) is 0 Å². The third-order valence-electron chi connectivity index (χ3n) is 2.78. The Morgan fingerprint density at radius 2 is 2.27 bits per heavy atom. The highest BCUT2D eigenvalue weighted by Crippen LogP contribution is 2.09. The fraction of sp³-hybridized carbons (Fsp3) is 0.700. The molecule has 2 rings (SSSR count). The summed E-state index contributed by atoms with van der Waals surface area (Å²) in [6, 6.07) is 0. The zero-order chi connectivity index (χ0) is 10.5. The first-order valence-electron chi connectivity index (χ1n) is 5.43. The number of rotatable bonds is 4. The first-order chi connectivity index (χ1) is 7.34. The highest BCUT2D eigenvalue weighted by atomic mass is 32.1. The number of aromatic amines is 1. The number of H-pyrrole nitrogens is 1. The van der Waals surface area contributed by atoms with Gasteiger partial charge in [-0.2, -0.15) is 0 Å². The summed E-state index contributed by atoms with van der Waals surface area (Å²) in [5.41, 5.74) is 0.999. The SMILES string of the molecule is O=c1[nH]c(CNCC2CCNCC2)cs1. The lowest BCUT2D eigenvalue weighted by molar-refractivity contribution is 0.356. The second-order valence-electron chi connectivity index (χ2n) is 4.00. The minimum Gasteiger partial charge on any atom is -0.317 e. The molecule has 84 valence electrons. The van der Waals surface area contributed by atoms with Crippen LogP contribution in [0.15, 0.2) is 10.2 Å². The molecule has 2 heterocycles. The summed E-state index contributed by atoms with van der Waals surface area (Å²) >= 11 is 1.23. The van der Waals surface area contributed by atoms with E-state index in [-0.39, 0.29) is 4.87 Å². The van der Waals surface area contributed by atoms with Crippen LogP contribution in [0.2, 0.25) is 0 Å². The van der Waals surface area contributed by atoms with E-state index in [4.69, 9.17) is 0 Å². The molecule has 3 N–H and O–H groups in total. The number of hydrogen-bond acceptors (Lipinski definition) is 4. The summed E-state index contributed by atoms with van der Waals surface area (Å²) < 4.78 is 0. The molecule has 0 bridgehead atoms. The molecular weight excluding hydrogens is 210 g/mol. The van der Waals surface area contributed by atoms with Crippen molar-refractivity contribution in [2.24, 2.45) is 5.92 Å². The fourth-order valence-corrected chi connectivity index (χ4v) is 2.48. The van der Waals surface area contributed by atoms with Crippen LogP contribution in [-0.4, -0.2) is 24.6 Å². The Morgan fingerprint density at radius 3 is 2.93 bits per heavy atom. The van der Waals surface area contributed by atoms with Gasteiger partial charge in [0.05, 0.1) is 0 Å². The predicted molar refractivity (Wildman–Crippen MR) is 62.2 cm³/mol. The summed E-state index contributed by atoms with van der Waals surface area (Å²) in [6.45, 7) is 4.12. The van der Waals surface area contributed by atoms with E-state index in [1.54, 1.807) is 0 Å². The highest BCUT2D eigenvalue weighted by Gasteiger charge is 2.11. The predicted octanol–water partition coefficient (Wildman–Crippen LogP) is 0.526. The second-order valence-corrected chi connectivity index (χ2v) is 4.84. The van der Waals surface area contributed by atoms with Gasteiger partial charge < -0.3 is 15.6 Å². The molecule has 1 aromatic heterocycles. The van der Waals surface area contributed by atoms with E-state index in [0.717, 1.165) is 37.8 Å². The zero-order valence-corrected chi connectivity index (χ0v) is 9.53. The Hall–Kier alpha value is -0.650. The van der Waals surface area contributed by atoms with Gasteiger partial charge in [0.15, 0.2) is 0 Å². The molecule has 4 nitrogen and oxygen atoms in total. The Morgan fingerprint density at radius 1 is 1.47 bits per heavy atom. The molecule has 0 atom stereocenters. The van der Waals surface area contributed by atoms with Crippen LogP contribution < -0.4 is 15.5 Å². The molecule has 1 aromatic rings. The van der Waals surface area contributed by atoms with Gasteiger partial charge in [0.2, 0.25) is 0 Å². The first-order valence-corrected chi connectivity index (χ1v) is 6.30. The molecule has 0 amide bonds. The summed E-state index contributed by atoms with van der Waals surface area (Å²) in [5, 5.41) is 8.63. The van der Waals surface area contributed by atoms with Gasteiger partial charge >= 0.3 is 4.87 Å². The monoisotopic (exact) mass is 227 g/mol. The molecule has 1 fully saturated rings. The van der Waals surface area contributed by atoms with E-state index in [1.165, 1.54) is 24.2 Å². The molecule has 0 aliphatic carbocycles. The van der Waals surface area contributed by atoms with Crippen LogP contribution in [0, 0.1) is 5.92 Å².